The first-order chi connectivity index (χ1) is 11.6. The van der Waals surface area contributed by atoms with Crippen molar-refractivity contribution in [3.05, 3.63) is 58.6 Å². The second-order valence-electron chi connectivity index (χ2n) is 6.00. The molecule has 24 heavy (non-hydrogen) atoms. The Balaban J connectivity index is 2.04. The van der Waals surface area contributed by atoms with Crippen LogP contribution in [0.4, 0.5) is 0 Å². The lowest BCUT2D eigenvalue weighted by Gasteiger charge is -2.14. The Kier molecular flexibility index (Phi) is 7.41. The molecule has 0 unspecified atom stereocenters. The van der Waals surface area contributed by atoms with E-state index in [2.05, 4.69) is 31.1 Å². The van der Waals surface area contributed by atoms with Crippen LogP contribution in [0, 0.1) is 0 Å². The second-order valence-corrected chi connectivity index (χ2v) is 6.41. The summed E-state index contributed by atoms with van der Waals surface area (Å²) in [5.41, 5.74) is 2.24. The molecule has 0 bridgehead atoms. The highest BCUT2D eigenvalue weighted by Gasteiger charge is 2.08. The Hall–Kier alpha value is -1.71. The molecule has 0 saturated carbocycles. The van der Waals surface area contributed by atoms with Gasteiger partial charge in [0.1, 0.15) is 6.61 Å². The van der Waals surface area contributed by atoms with Gasteiger partial charge in [-0.25, -0.2) is 0 Å². The Bertz CT molecular complexity index is 643. The summed E-state index contributed by atoms with van der Waals surface area (Å²) in [6, 6.07) is 13.9. The minimum absolute atomic E-state index is 0.430. The van der Waals surface area contributed by atoms with Crippen molar-refractivity contribution in [1.82, 2.24) is 4.90 Å². The summed E-state index contributed by atoms with van der Waals surface area (Å²) >= 11 is 6.18. The normalized spacial score (nSPS) is 10.9. The Labute approximate surface area is 150 Å². The molecule has 4 heteroatoms. The summed E-state index contributed by atoms with van der Waals surface area (Å²) in [6.07, 6.45) is 2.15. The number of ether oxygens (including phenoxy) is 2. The minimum atomic E-state index is 0.430. The lowest BCUT2D eigenvalue weighted by atomic mass is 10.1. The molecule has 0 radical (unpaired) electrons. The van der Waals surface area contributed by atoms with Gasteiger partial charge in [0.2, 0.25) is 0 Å². The van der Waals surface area contributed by atoms with Crippen LogP contribution in [0.15, 0.2) is 42.5 Å². The fraction of sp³-hybridized carbons (Fsp3) is 0.400. The third kappa shape index (κ3) is 5.73. The molecule has 3 nitrogen and oxygen atoms in total. The summed E-state index contributed by atoms with van der Waals surface area (Å²) in [7, 11) is 4.19. The average Bonchev–Trinajstić information content (AvgIpc) is 2.55. The first-order valence-corrected chi connectivity index (χ1v) is 8.74. The SMILES string of the molecule is CCOc1cc(CCCN(C)C)ccc1OCc1ccccc1Cl. The Morgan fingerprint density at radius 3 is 2.50 bits per heavy atom. The fourth-order valence-corrected chi connectivity index (χ4v) is 2.66. The van der Waals surface area contributed by atoms with Crippen molar-refractivity contribution in [2.45, 2.75) is 26.4 Å². The zero-order valence-electron chi connectivity index (χ0n) is 14.7. The Morgan fingerprint density at radius 1 is 1.00 bits per heavy atom. The number of benzene rings is 2. The van der Waals surface area contributed by atoms with Crippen molar-refractivity contribution in [3.8, 4) is 11.5 Å². The predicted molar refractivity (Wildman–Crippen MR) is 100 cm³/mol. The van der Waals surface area contributed by atoms with Gasteiger partial charge in [0.05, 0.1) is 6.61 Å². The fourth-order valence-electron chi connectivity index (χ4n) is 2.47. The van der Waals surface area contributed by atoms with E-state index in [1.165, 1.54) is 5.56 Å². The first-order valence-electron chi connectivity index (χ1n) is 8.36. The lowest BCUT2D eigenvalue weighted by molar-refractivity contribution is 0.269. The maximum Gasteiger partial charge on any atom is 0.161 e. The standard InChI is InChI=1S/C20H26ClNO2/c1-4-23-20-14-16(8-7-13-22(2)3)11-12-19(20)24-15-17-9-5-6-10-18(17)21/h5-6,9-12,14H,4,7-8,13,15H2,1-3H3. The van der Waals surface area contributed by atoms with Gasteiger partial charge in [-0.05, 0) is 64.2 Å². The van der Waals surface area contributed by atoms with Gasteiger partial charge in [-0.1, -0.05) is 35.9 Å². The van der Waals surface area contributed by atoms with Crippen molar-refractivity contribution in [1.29, 1.82) is 0 Å². The molecule has 0 aliphatic rings. The van der Waals surface area contributed by atoms with E-state index in [9.17, 15) is 0 Å². The summed E-state index contributed by atoms with van der Waals surface area (Å²) < 4.78 is 11.7. The highest BCUT2D eigenvalue weighted by Crippen LogP contribution is 2.30. The molecule has 0 N–H and O–H groups in total. The molecule has 0 spiro atoms. The third-order valence-corrected chi connectivity index (χ3v) is 4.09. The van der Waals surface area contributed by atoms with E-state index in [0.29, 0.717) is 13.2 Å². The van der Waals surface area contributed by atoms with E-state index in [1.807, 2.05) is 37.3 Å². The monoisotopic (exact) mass is 347 g/mol. The number of hydrogen-bond donors (Lipinski definition) is 0. The van der Waals surface area contributed by atoms with Crippen LogP contribution in [-0.4, -0.2) is 32.1 Å². The van der Waals surface area contributed by atoms with E-state index in [-0.39, 0.29) is 0 Å². The highest BCUT2D eigenvalue weighted by molar-refractivity contribution is 6.31. The van der Waals surface area contributed by atoms with Gasteiger partial charge in [0, 0.05) is 10.6 Å². The summed E-state index contributed by atoms with van der Waals surface area (Å²) in [6.45, 7) is 4.11. The summed E-state index contributed by atoms with van der Waals surface area (Å²) in [4.78, 5) is 2.20. The largest absolute Gasteiger partial charge is 0.490 e. The lowest BCUT2D eigenvalue weighted by Crippen LogP contribution is -2.13. The molecular weight excluding hydrogens is 322 g/mol. The van der Waals surface area contributed by atoms with E-state index in [4.69, 9.17) is 21.1 Å². The third-order valence-electron chi connectivity index (χ3n) is 3.72. The molecule has 2 aromatic carbocycles. The van der Waals surface area contributed by atoms with Gasteiger partial charge in [-0.3, -0.25) is 0 Å². The van der Waals surface area contributed by atoms with Crippen LogP contribution in [0.3, 0.4) is 0 Å². The maximum absolute atomic E-state index is 6.18. The maximum atomic E-state index is 6.18. The van der Waals surface area contributed by atoms with E-state index in [0.717, 1.165) is 41.5 Å². The quantitative estimate of drug-likeness (QED) is 0.649. The second kappa shape index (κ2) is 9.55. The predicted octanol–water partition coefficient (Wildman–Crippen LogP) is 4.81. The Morgan fingerprint density at radius 2 is 1.79 bits per heavy atom. The van der Waals surface area contributed by atoms with Crippen LogP contribution in [-0.2, 0) is 13.0 Å². The number of nitrogens with zero attached hydrogens (tertiary/aromatic N) is 1. The van der Waals surface area contributed by atoms with E-state index in [1.54, 1.807) is 0 Å². The van der Waals surface area contributed by atoms with E-state index >= 15 is 0 Å². The zero-order valence-corrected chi connectivity index (χ0v) is 15.5. The van der Waals surface area contributed by atoms with Crippen LogP contribution < -0.4 is 9.47 Å². The van der Waals surface area contributed by atoms with Crippen LogP contribution in [0.1, 0.15) is 24.5 Å². The van der Waals surface area contributed by atoms with Gasteiger partial charge >= 0.3 is 0 Å². The number of rotatable bonds is 9. The summed E-state index contributed by atoms with van der Waals surface area (Å²) in [5.74, 6) is 1.56. The smallest absolute Gasteiger partial charge is 0.161 e. The molecule has 0 aliphatic heterocycles. The number of hydrogen-bond acceptors (Lipinski definition) is 3. The molecule has 0 aliphatic carbocycles. The van der Waals surface area contributed by atoms with Gasteiger partial charge in [-0.2, -0.15) is 0 Å². The van der Waals surface area contributed by atoms with Crippen molar-refractivity contribution in [2.24, 2.45) is 0 Å². The number of aryl methyl sites for hydroxylation is 1. The van der Waals surface area contributed by atoms with Gasteiger partial charge in [-0.15, -0.1) is 0 Å². The zero-order chi connectivity index (χ0) is 17.4. The molecule has 0 heterocycles. The van der Waals surface area contributed by atoms with Crippen LogP contribution in [0.5, 0.6) is 11.5 Å². The summed E-state index contributed by atoms with van der Waals surface area (Å²) in [5, 5.41) is 0.718. The van der Waals surface area contributed by atoms with Crippen LogP contribution in [0.25, 0.3) is 0 Å². The van der Waals surface area contributed by atoms with Gasteiger partial charge in [0.25, 0.3) is 0 Å². The van der Waals surface area contributed by atoms with E-state index < -0.39 is 0 Å². The molecule has 0 aromatic heterocycles. The van der Waals surface area contributed by atoms with Crippen molar-refractivity contribution in [3.63, 3.8) is 0 Å². The van der Waals surface area contributed by atoms with Crippen molar-refractivity contribution >= 4 is 11.6 Å². The topological polar surface area (TPSA) is 21.7 Å². The molecule has 0 amide bonds. The molecule has 0 atom stereocenters. The first kappa shape index (κ1) is 18.6. The highest BCUT2D eigenvalue weighted by atomic mass is 35.5. The van der Waals surface area contributed by atoms with Gasteiger partial charge < -0.3 is 14.4 Å². The molecule has 2 rings (SSSR count). The minimum Gasteiger partial charge on any atom is -0.490 e. The molecule has 130 valence electrons. The average molecular weight is 348 g/mol. The molecular formula is C20H26ClNO2. The van der Waals surface area contributed by atoms with Crippen LogP contribution >= 0.6 is 11.6 Å². The molecule has 0 fully saturated rings. The van der Waals surface area contributed by atoms with Crippen molar-refractivity contribution in [2.75, 3.05) is 27.2 Å². The van der Waals surface area contributed by atoms with Crippen molar-refractivity contribution < 1.29 is 9.47 Å². The van der Waals surface area contributed by atoms with Crippen LogP contribution in [0.2, 0.25) is 5.02 Å². The molecule has 2 aromatic rings. The number of halogens is 1. The van der Waals surface area contributed by atoms with Gasteiger partial charge in [0.15, 0.2) is 11.5 Å². The molecule has 0 saturated heterocycles.